The van der Waals surface area contributed by atoms with Gasteiger partial charge in [0.1, 0.15) is 0 Å². The summed E-state index contributed by atoms with van der Waals surface area (Å²) in [5.41, 5.74) is 20.7. The molecule has 0 fully saturated rings. The van der Waals surface area contributed by atoms with Gasteiger partial charge in [-0.05, 0) is 123 Å². The van der Waals surface area contributed by atoms with Crippen molar-refractivity contribution in [2.24, 2.45) is 0 Å². The van der Waals surface area contributed by atoms with Gasteiger partial charge in [-0.3, -0.25) is 0 Å². The summed E-state index contributed by atoms with van der Waals surface area (Å²) in [6.45, 7) is 0. The van der Waals surface area contributed by atoms with E-state index in [0.29, 0.717) is 0 Å². The second-order valence-corrected chi connectivity index (χ2v) is 17.6. The molecule has 302 valence electrons. The van der Waals surface area contributed by atoms with Crippen LogP contribution in [0.2, 0.25) is 0 Å². The summed E-state index contributed by atoms with van der Waals surface area (Å²) < 4.78 is 4.84. The second kappa shape index (κ2) is 14.9. The highest BCUT2D eigenvalue weighted by molar-refractivity contribution is 6.11. The lowest BCUT2D eigenvalue weighted by atomic mass is 9.81. The number of fused-ring (bicyclic) bond motifs is 9. The number of aromatic nitrogens is 2. The fraction of sp³-hybridized carbons (Fsp3) is 0.0645. The number of allylic oxidation sites excluding steroid dienone is 4. The summed E-state index contributed by atoms with van der Waals surface area (Å²) in [6.07, 6.45) is 9.18. The Morgan fingerprint density at radius 3 is 1.72 bits per heavy atom. The molecule has 0 N–H and O–H groups in total. The van der Waals surface area contributed by atoms with E-state index < -0.39 is 0 Å². The van der Waals surface area contributed by atoms with Crippen LogP contribution >= 0.6 is 0 Å². The summed E-state index contributed by atoms with van der Waals surface area (Å²) >= 11 is 0. The first kappa shape index (κ1) is 36.7. The van der Waals surface area contributed by atoms with Crippen LogP contribution in [0.4, 0.5) is 0 Å². The molecule has 0 saturated carbocycles. The van der Waals surface area contributed by atoms with Crippen molar-refractivity contribution in [1.29, 1.82) is 0 Å². The number of hydrogen-bond acceptors (Lipinski definition) is 0. The van der Waals surface area contributed by atoms with Gasteiger partial charge in [-0.1, -0.05) is 176 Å². The third kappa shape index (κ3) is 5.87. The van der Waals surface area contributed by atoms with E-state index in [2.05, 4.69) is 240 Å². The van der Waals surface area contributed by atoms with E-state index in [-0.39, 0.29) is 11.8 Å². The average Bonchev–Trinajstić information content (AvgIpc) is 4.00. The number of benzene rings is 9. The summed E-state index contributed by atoms with van der Waals surface area (Å²) in [6, 6.07) is 78.7. The topological polar surface area (TPSA) is 9.86 Å². The summed E-state index contributed by atoms with van der Waals surface area (Å²) in [4.78, 5) is 0. The molecule has 0 saturated heterocycles. The van der Waals surface area contributed by atoms with Gasteiger partial charge in [0, 0.05) is 44.8 Å². The minimum absolute atomic E-state index is 0.240. The minimum Gasteiger partial charge on any atom is -0.309 e. The number of rotatable bonds is 7. The van der Waals surface area contributed by atoms with E-state index in [1.165, 1.54) is 111 Å². The van der Waals surface area contributed by atoms with E-state index >= 15 is 0 Å². The molecule has 13 rings (SSSR count). The van der Waals surface area contributed by atoms with Crippen molar-refractivity contribution in [3.63, 3.8) is 0 Å². The van der Waals surface area contributed by atoms with Crippen LogP contribution in [-0.4, -0.2) is 9.13 Å². The van der Waals surface area contributed by atoms with E-state index in [4.69, 9.17) is 0 Å². The molecular weight excluding hydrogens is 773 g/mol. The third-order valence-corrected chi connectivity index (χ3v) is 14.0. The lowest BCUT2D eigenvalue weighted by Gasteiger charge is -2.23. The fourth-order valence-electron chi connectivity index (χ4n) is 11.1. The lowest BCUT2D eigenvalue weighted by molar-refractivity contribution is 0.824. The number of hydrogen-bond donors (Lipinski definition) is 0. The normalized spacial score (nSPS) is 15.5. The molecule has 0 amide bonds. The molecule has 2 aliphatic carbocycles. The molecule has 2 aromatic heterocycles. The summed E-state index contributed by atoms with van der Waals surface area (Å²) in [7, 11) is 0. The first-order valence-electron chi connectivity index (χ1n) is 22.6. The maximum Gasteiger partial charge on any atom is 0.0547 e. The minimum atomic E-state index is 0.240. The van der Waals surface area contributed by atoms with Gasteiger partial charge in [0.25, 0.3) is 0 Å². The quantitative estimate of drug-likeness (QED) is 0.152. The standard InChI is InChI=1S/C62H44N2/c1-4-16-41(17-5-1)36-56-49-22-10-11-23-50(49)57-39-46(38-54(62(56)57)45-32-34-53-51-24-12-14-26-58(51)64(61(53)40-45)48-20-8-3-9-21-48)43-30-28-42(29-31-43)44-33-35-60-55(37-44)52-25-13-15-27-59(52)63(60)47-18-6-2-7-19-47/h1-30,32-35,37-40,43,56H,31,36H2. The van der Waals surface area contributed by atoms with Crippen molar-refractivity contribution in [1.82, 2.24) is 9.13 Å². The molecule has 0 bridgehead atoms. The molecule has 2 nitrogen and oxygen atoms in total. The molecule has 2 atom stereocenters. The Hall–Kier alpha value is -7.94. The van der Waals surface area contributed by atoms with Gasteiger partial charge >= 0.3 is 0 Å². The van der Waals surface area contributed by atoms with Crippen LogP contribution in [-0.2, 0) is 6.42 Å². The van der Waals surface area contributed by atoms with Gasteiger partial charge in [-0.15, -0.1) is 0 Å². The molecular formula is C62H44N2. The largest absolute Gasteiger partial charge is 0.309 e. The third-order valence-electron chi connectivity index (χ3n) is 14.0. The predicted octanol–water partition coefficient (Wildman–Crippen LogP) is 16.0. The van der Waals surface area contributed by atoms with Crippen LogP contribution in [0.1, 0.15) is 46.1 Å². The Morgan fingerprint density at radius 1 is 0.422 bits per heavy atom. The molecule has 0 radical (unpaired) electrons. The second-order valence-electron chi connectivity index (χ2n) is 17.6. The fourth-order valence-corrected chi connectivity index (χ4v) is 11.1. The zero-order chi connectivity index (χ0) is 42.1. The van der Waals surface area contributed by atoms with Gasteiger partial charge in [-0.2, -0.15) is 0 Å². The average molecular weight is 817 g/mol. The van der Waals surface area contributed by atoms with Gasteiger partial charge in [0.05, 0.1) is 22.1 Å². The van der Waals surface area contributed by atoms with E-state index in [1.807, 2.05) is 0 Å². The Morgan fingerprint density at radius 2 is 1.00 bits per heavy atom. The highest BCUT2D eigenvalue weighted by Gasteiger charge is 2.33. The Kier molecular flexibility index (Phi) is 8.52. The van der Waals surface area contributed by atoms with Crippen molar-refractivity contribution in [3.05, 3.63) is 258 Å². The van der Waals surface area contributed by atoms with Crippen LogP contribution in [0.25, 0.3) is 82.8 Å². The summed E-state index contributed by atoms with van der Waals surface area (Å²) in [5, 5.41) is 5.11. The maximum absolute atomic E-state index is 2.54. The molecule has 2 unspecified atom stereocenters. The van der Waals surface area contributed by atoms with Crippen molar-refractivity contribution in [2.75, 3.05) is 0 Å². The van der Waals surface area contributed by atoms with Gasteiger partial charge in [0.15, 0.2) is 0 Å². The zero-order valence-corrected chi connectivity index (χ0v) is 35.4. The first-order valence-corrected chi connectivity index (χ1v) is 22.6. The van der Waals surface area contributed by atoms with Crippen LogP contribution < -0.4 is 0 Å². The first-order chi connectivity index (χ1) is 31.7. The maximum atomic E-state index is 2.54. The Bertz CT molecular complexity index is 3660. The predicted molar refractivity (Wildman–Crippen MR) is 269 cm³/mol. The highest BCUT2D eigenvalue weighted by atomic mass is 15.0. The molecule has 2 heteroatoms. The molecule has 9 aromatic carbocycles. The lowest BCUT2D eigenvalue weighted by Crippen LogP contribution is -2.05. The van der Waals surface area contributed by atoms with Crippen molar-refractivity contribution >= 4 is 49.2 Å². The van der Waals surface area contributed by atoms with E-state index in [1.54, 1.807) is 0 Å². The van der Waals surface area contributed by atoms with Gasteiger partial charge in [-0.25, -0.2) is 0 Å². The Labute approximate surface area is 373 Å². The molecule has 0 aliphatic heterocycles. The molecule has 11 aromatic rings. The Balaban J connectivity index is 0.944. The SMILES string of the molecule is C1=CC(c2cc(-c3ccc4c5ccccc5n(-c5ccccc5)c4c3)c3c(c2)-c2ccccc2C3Cc2ccccc2)CC=C1c1ccc2c(c1)c1ccccc1n2-c1ccccc1. The van der Waals surface area contributed by atoms with Gasteiger partial charge < -0.3 is 9.13 Å². The van der Waals surface area contributed by atoms with Crippen LogP contribution in [0.3, 0.4) is 0 Å². The van der Waals surface area contributed by atoms with Crippen molar-refractivity contribution in [3.8, 4) is 33.6 Å². The monoisotopic (exact) mass is 816 g/mol. The zero-order valence-electron chi connectivity index (χ0n) is 35.4. The smallest absolute Gasteiger partial charge is 0.0547 e. The van der Waals surface area contributed by atoms with Crippen molar-refractivity contribution < 1.29 is 0 Å². The summed E-state index contributed by atoms with van der Waals surface area (Å²) in [5.74, 6) is 0.487. The molecule has 64 heavy (non-hydrogen) atoms. The van der Waals surface area contributed by atoms with E-state index in [0.717, 1.165) is 12.8 Å². The number of nitrogens with zero attached hydrogens (tertiary/aromatic N) is 2. The van der Waals surface area contributed by atoms with Crippen molar-refractivity contribution in [2.45, 2.75) is 24.7 Å². The van der Waals surface area contributed by atoms with Crippen LogP contribution in [0.5, 0.6) is 0 Å². The number of para-hydroxylation sites is 4. The van der Waals surface area contributed by atoms with Crippen LogP contribution in [0, 0.1) is 0 Å². The highest BCUT2D eigenvalue weighted by Crippen LogP contribution is 2.52. The molecule has 2 aliphatic rings. The molecule has 2 heterocycles. The van der Waals surface area contributed by atoms with Gasteiger partial charge in [0.2, 0.25) is 0 Å². The molecule has 0 spiro atoms. The van der Waals surface area contributed by atoms with Crippen LogP contribution in [0.15, 0.2) is 231 Å². The van der Waals surface area contributed by atoms with E-state index in [9.17, 15) is 0 Å².